The van der Waals surface area contributed by atoms with Gasteiger partial charge in [-0.15, -0.1) is 0 Å². The monoisotopic (exact) mass is 332 g/mol. The molecule has 0 aliphatic carbocycles. The van der Waals surface area contributed by atoms with Gasteiger partial charge < -0.3 is 10.0 Å². The van der Waals surface area contributed by atoms with Crippen molar-refractivity contribution in [2.24, 2.45) is 0 Å². The summed E-state index contributed by atoms with van der Waals surface area (Å²) in [6, 6.07) is 9.28. The Hall–Kier alpha value is -1.72. The molecule has 1 saturated heterocycles. The zero-order valence-electron chi connectivity index (χ0n) is 14.9. The quantitative estimate of drug-likeness (QED) is 0.808. The molecular weight excluding hydrogens is 304 g/mol. The Morgan fingerprint density at radius 3 is 2.38 bits per heavy atom. The highest BCUT2D eigenvalue weighted by atomic mass is 16.3. The first-order valence-electron chi connectivity index (χ1n) is 8.64. The number of carbonyl (C=O) groups excluding carboxylic acids is 2. The summed E-state index contributed by atoms with van der Waals surface area (Å²) < 4.78 is 0. The molecule has 1 heterocycles. The molecule has 24 heavy (non-hydrogen) atoms. The average Bonchev–Trinajstić information content (AvgIpc) is 2.61. The smallest absolute Gasteiger partial charge is 0.262 e. The highest BCUT2D eigenvalue weighted by Gasteiger charge is 2.44. The van der Waals surface area contributed by atoms with Gasteiger partial charge in [-0.3, -0.25) is 14.5 Å². The molecule has 0 spiro atoms. The molecule has 132 valence electrons. The number of ketones is 1. The summed E-state index contributed by atoms with van der Waals surface area (Å²) in [5.41, 5.74) is -0.886. The molecule has 1 aromatic rings. The van der Waals surface area contributed by atoms with Crippen LogP contribution in [-0.4, -0.2) is 58.4 Å². The third-order valence-corrected chi connectivity index (χ3v) is 4.85. The van der Waals surface area contributed by atoms with Crippen LogP contribution in [0.25, 0.3) is 0 Å². The first kappa shape index (κ1) is 18.6. The number of amides is 1. The van der Waals surface area contributed by atoms with Gasteiger partial charge in [-0.1, -0.05) is 30.3 Å². The van der Waals surface area contributed by atoms with Gasteiger partial charge in [0.25, 0.3) is 5.91 Å². The first-order valence-corrected chi connectivity index (χ1v) is 8.64. The van der Waals surface area contributed by atoms with Crippen LogP contribution in [0.5, 0.6) is 0 Å². The van der Waals surface area contributed by atoms with E-state index in [1.807, 2.05) is 42.3 Å². The predicted molar refractivity (Wildman–Crippen MR) is 93.4 cm³/mol. The second-order valence-corrected chi connectivity index (χ2v) is 6.87. The maximum absolute atomic E-state index is 12.7. The highest BCUT2D eigenvalue weighted by molar-refractivity contribution is 6.10. The fraction of sp³-hybridized carbons (Fsp3) is 0.579. The van der Waals surface area contributed by atoms with E-state index in [1.165, 1.54) is 6.92 Å². The number of carbonyl (C=O) groups is 2. The summed E-state index contributed by atoms with van der Waals surface area (Å²) in [6.07, 6.45) is 2.95. The number of Topliss-reactive ketones (excluding diaryl/α,β-unsaturated/α-hetero) is 1. The molecular formula is C19H28N2O3. The van der Waals surface area contributed by atoms with Crippen LogP contribution in [0.4, 0.5) is 0 Å². The topological polar surface area (TPSA) is 60.9 Å². The Balaban J connectivity index is 2.03. The largest absolute Gasteiger partial charge is 0.373 e. The SMILES string of the molecule is C[C@@H](C(=O)[C@](C)(O)C(=O)N1CCCCC1)N(C)Cc1ccccc1. The van der Waals surface area contributed by atoms with Crippen molar-refractivity contribution in [2.75, 3.05) is 20.1 Å². The number of hydrogen-bond acceptors (Lipinski definition) is 4. The second-order valence-electron chi connectivity index (χ2n) is 6.87. The van der Waals surface area contributed by atoms with Crippen molar-refractivity contribution in [3.8, 4) is 0 Å². The van der Waals surface area contributed by atoms with Gasteiger partial charge in [0.15, 0.2) is 5.78 Å². The molecule has 1 N–H and O–H groups in total. The minimum absolute atomic E-state index is 0.448. The number of hydrogen-bond donors (Lipinski definition) is 1. The normalized spacial score (nSPS) is 19.0. The third kappa shape index (κ3) is 4.22. The van der Waals surface area contributed by atoms with Crippen molar-refractivity contribution < 1.29 is 14.7 Å². The molecule has 0 saturated carbocycles. The fourth-order valence-corrected chi connectivity index (χ4v) is 3.13. The van der Waals surface area contributed by atoms with Crippen LogP contribution in [0.15, 0.2) is 30.3 Å². The number of benzene rings is 1. The maximum Gasteiger partial charge on any atom is 0.262 e. The van der Waals surface area contributed by atoms with E-state index in [9.17, 15) is 14.7 Å². The molecule has 1 fully saturated rings. The number of nitrogens with zero attached hydrogens (tertiary/aromatic N) is 2. The summed E-state index contributed by atoms with van der Waals surface area (Å²) in [7, 11) is 1.83. The van der Waals surface area contributed by atoms with Gasteiger partial charge >= 0.3 is 0 Å². The molecule has 5 nitrogen and oxygen atoms in total. The minimum Gasteiger partial charge on any atom is -0.373 e. The zero-order valence-corrected chi connectivity index (χ0v) is 14.9. The van der Waals surface area contributed by atoms with Gasteiger partial charge in [0, 0.05) is 19.6 Å². The van der Waals surface area contributed by atoms with Crippen LogP contribution in [-0.2, 0) is 16.1 Å². The zero-order chi connectivity index (χ0) is 17.7. The van der Waals surface area contributed by atoms with Crippen LogP contribution in [0, 0.1) is 0 Å². The molecule has 1 amide bonds. The lowest BCUT2D eigenvalue weighted by Crippen LogP contribution is -2.58. The summed E-state index contributed by atoms with van der Waals surface area (Å²) in [5, 5.41) is 10.6. The lowest BCUT2D eigenvalue weighted by Gasteiger charge is -2.35. The van der Waals surface area contributed by atoms with Gasteiger partial charge in [0.1, 0.15) is 0 Å². The molecule has 0 unspecified atom stereocenters. The summed E-state index contributed by atoms with van der Waals surface area (Å²) in [4.78, 5) is 28.8. The second kappa shape index (κ2) is 7.90. The Bertz CT molecular complexity index is 565. The van der Waals surface area contributed by atoms with Crippen molar-refractivity contribution in [3.63, 3.8) is 0 Å². The van der Waals surface area contributed by atoms with Crippen molar-refractivity contribution in [3.05, 3.63) is 35.9 Å². The minimum atomic E-state index is -1.97. The van der Waals surface area contributed by atoms with Crippen LogP contribution in [0.2, 0.25) is 0 Å². The Labute approximate surface area is 144 Å². The lowest BCUT2D eigenvalue weighted by atomic mass is 9.92. The maximum atomic E-state index is 12.7. The molecule has 1 aromatic carbocycles. The van der Waals surface area contributed by atoms with Crippen molar-refractivity contribution in [2.45, 2.75) is 51.3 Å². The van der Waals surface area contributed by atoms with E-state index in [4.69, 9.17) is 0 Å². The number of likely N-dealkylation sites (tertiary alicyclic amines) is 1. The van der Waals surface area contributed by atoms with Crippen LogP contribution in [0.3, 0.4) is 0 Å². The number of piperidine rings is 1. The fourth-order valence-electron chi connectivity index (χ4n) is 3.13. The van der Waals surface area contributed by atoms with Crippen LogP contribution in [0.1, 0.15) is 38.7 Å². The molecule has 1 aliphatic rings. The van der Waals surface area contributed by atoms with E-state index < -0.39 is 23.3 Å². The van der Waals surface area contributed by atoms with Gasteiger partial charge in [0.2, 0.25) is 5.60 Å². The third-order valence-electron chi connectivity index (χ3n) is 4.85. The Morgan fingerprint density at radius 1 is 1.21 bits per heavy atom. The standard InChI is InChI=1S/C19H28N2O3/c1-15(20(3)14-16-10-6-4-7-11-16)17(22)19(2,24)18(23)21-12-8-5-9-13-21/h4,6-7,10-11,15,24H,5,8-9,12-14H2,1-3H3/t15-,19-/m0/s1. The van der Waals surface area contributed by atoms with E-state index in [2.05, 4.69) is 0 Å². The van der Waals surface area contributed by atoms with Crippen molar-refractivity contribution in [1.29, 1.82) is 0 Å². The summed E-state index contributed by atoms with van der Waals surface area (Å²) >= 11 is 0. The van der Waals surface area contributed by atoms with Crippen molar-refractivity contribution in [1.82, 2.24) is 9.80 Å². The van der Waals surface area contributed by atoms with Gasteiger partial charge in [-0.2, -0.15) is 0 Å². The lowest BCUT2D eigenvalue weighted by molar-refractivity contribution is -0.161. The summed E-state index contributed by atoms with van der Waals surface area (Å²) in [6.45, 7) is 4.90. The van der Waals surface area contributed by atoms with E-state index in [-0.39, 0.29) is 0 Å². The van der Waals surface area contributed by atoms with E-state index in [1.54, 1.807) is 11.8 Å². The number of likely N-dealkylation sites (N-methyl/N-ethyl adjacent to an activating group) is 1. The van der Waals surface area contributed by atoms with E-state index in [0.717, 1.165) is 24.8 Å². The first-order chi connectivity index (χ1) is 11.3. The van der Waals surface area contributed by atoms with Crippen LogP contribution >= 0.6 is 0 Å². The van der Waals surface area contributed by atoms with E-state index >= 15 is 0 Å². The predicted octanol–water partition coefficient (Wildman–Crippen LogP) is 1.84. The van der Waals surface area contributed by atoms with E-state index in [0.29, 0.717) is 19.6 Å². The molecule has 0 bridgehead atoms. The molecule has 1 aliphatic heterocycles. The number of rotatable bonds is 6. The van der Waals surface area contributed by atoms with Gasteiger partial charge in [0.05, 0.1) is 6.04 Å². The summed E-state index contributed by atoms with van der Waals surface area (Å²) in [5.74, 6) is -0.913. The van der Waals surface area contributed by atoms with Gasteiger partial charge in [-0.05, 0) is 45.7 Å². The molecule has 2 rings (SSSR count). The van der Waals surface area contributed by atoms with Crippen molar-refractivity contribution >= 4 is 11.7 Å². The molecule has 0 radical (unpaired) electrons. The Morgan fingerprint density at radius 2 is 1.79 bits per heavy atom. The average molecular weight is 332 g/mol. The molecule has 0 aromatic heterocycles. The Kier molecular flexibility index (Phi) is 6.13. The number of aliphatic hydroxyl groups is 1. The van der Waals surface area contributed by atoms with Gasteiger partial charge in [-0.25, -0.2) is 0 Å². The molecule has 2 atom stereocenters. The van der Waals surface area contributed by atoms with Crippen LogP contribution < -0.4 is 0 Å². The molecule has 5 heteroatoms. The highest BCUT2D eigenvalue weighted by Crippen LogP contribution is 2.19.